The third-order valence-corrected chi connectivity index (χ3v) is 1.66. The van der Waals surface area contributed by atoms with Gasteiger partial charge in [-0.1, -0.05) is 5.21 Å². The molecule has 2 aromatic rings. The third kappa shape index (κ3) is 1.48. The van der Waals surface area contributed by atoms with Crippen LogP contribution in [0, 0.1) is 0 Å². The molecule has 0 aliphatic carbocycles. The van der Waals surface area contributed by atoms with Gasteiger partial charge in [0.2, 0.25) is 0 Å². The second-order valence-corrected chi connectivity index (χ2v) is 2.51. The maximum Gasteiger partial charge on any atom is 0.168 e. The van der Waals surface area contributed by atoms with Crippen molar-refractivity contribution in [3.63, 3.8) is 0 Å². The van der Waals surface area contributed by atoms with Crippen LogP contribution in [0.5, 0.6) is 0 Å². The summed E-state index contributed by atoms with van der Waals surface area (Å²) in [6.07, 6.45) is 5.25. The zero-order chi connectivity index (χ0) is 9.10. The molecule has 0 spiro atoms. The highest BCUT2D eigenvalue weighted by Crippen LogP contribution is 2.05. The molecule has 0 fully saturated rings. The molecule has 0 aliphatic heterocycles. The minimum atomic E-state index is 0.740. The van der Waals surface area contributed by atoms with Crippen LogP contribution in [0.3, 0.4) is 0 Å². The van der Waals surface area contributed by atoms with E-state index in [4.69, 9.17) is 0 Å². The summed E-state index contributed by atoms with van der Waals surface area (Å²) in [6.45, 7) is 0. The third-order valence-electron chi connectivity index (χ3n) is 1.66. The van der Waals surface area contributed by atoms with E-state index in [0.717, 1.165) is 11.5 Å². The summed E-state index contributed by atoms with van der Waals surface area (Å²) in [6, 6.07) is 3.77. The molecule has 0 saturated heterocycles. The van der Waals surface area contributed by atoms with Crippen LogP contribution < -0.4 is 5.32 Å². The Hall–Kier alpha value is -1.91. The van der Waals surface area contributed by atoms with E-state index in [1.807, 2.05) is 12.1 Å². The van der Waals surface area contributed by atoms with Gasteiger partial charge < -0.3 is 5.32 Å². The number of aromatic nitrogens is 4. The van der Waals surface area contributed by atoms with Crippen molar-refractivity contribution >= 4 is 5.82 Å². The van der Waals surface area contributed by atoms with Crippen LogP contribution in [0.2, 0.25) is 0 Å². The van der Waals surface area contributed by atoms with Crippen molar-refractivity contribution in [3.05, 3.63) is 30.7 Å². The Balaban J connectivity index is 2.36. The summed E-state index contributed by atoms with van der Waals surface area (Å²) in [7, 11) is 1.80. The van der Waals surface area contributed by atoms with Crippen molar-refractivity contribution in [1.29, 1.82) is 0 Å². The van der Waals surface area contributed by atoms with E-state index < -0.39 is 0 Å². The van der Waals surface area contributed by atoms with Gasteiger partial charge in [0.05, 0.1) is 18.1 Å². The molecule has 0 atom stereocenters. The van der Waals surface area contributed by atoms with Crippen molar-refractivity contribution < 1.29 is 0 Å². The first-order valence-corrected chi connectivity index (χ1v) is 3.90. The van der Waals surface area contributed by atoms with Gasteiger partial charge in [-0.2, -0.15) is 0 Å². The molecule has 2 rings (SSSR count). The lowest BCUT2D eigenvalue weighted by molar-refractivity contribution is 0.800. The number of anilines is 1. The molecule has 2 aromatic heterocycles. The second kappa shape index (κ2) is 3.22. The Morgan fingerprint density at radius 1 is 1.46 bits per heavy atom. The lowest BCUT2D eigenvalue weighted by Crippen LogP contribution is -1.94. The first-order chi connectivity index (χ1) is 6.40. The normalized spacial score (nSPS) is 9.92. The second-order valence-electron chi connectivity index (χ2n) is 2.51. The Bertz CT molecular complexity index is 380. The monoisotopic (exact) mass is 175 g/mol. The molecule has 5 nitrogen and oxygen atoms in total. The Kier molecular flexibility index (Phi) is 1.91. The highest BCUT2D eigenvalue weighted by atomic mass is 15.4. The average molecular weight is 175 g/mol. The molecular formula is C8H9N5. The molecule has 5 heteroatoms. The summed E-state index contributed by atoms with van der Waals surface area (Å²) < 4.78 is 1.67. The van der Waals surface area contributed by atoms with Crippen LogP contribution in [0.15, 0.2) is 30.7 Å². The minimum absolute atomic E-state index is 0.740. The van der Waals surface area contributed by atoms with Crippen molar-refractivity contribution in [2.75, 3.05) is 12.4 Å². The summed E-state index contributed by atoms with van der Waals surface area (Å²) in [5.74, 6) is 0.740. The zero-order valence-electron chi connectivity index (χ0n) is 7.18. The van der Waals surface area contributed by atoms with Gasteiger partial charge in [-0.25, -0.2) is 4.68 Å². The van der Waals surface area contributed by atoms with E-state index in [0.29, 0.717) is 0 Å². The lowest BCUT2D eigenvalue weighted by Gasteiger charge is -1.96. The smallest absolute Gasteiger partial charge is 0.168 e. The largest absolute Gasteiger partial charge is 0.370 e. The standard InChI is InChI=1S/C8H9N5/c1-9-8-6-13(12-11-8)7-3-2-4-10-5-7/h2-6,9H,1H3. The van der Waals surface area contributed by atoms with Gasteiger partial charge in [0.25, 0.3) is 0 Å². The molecule has 0 radical (unpaired) electrons. The molecular weight excluding hydrogens is 166 g/mol. The van der Waals surface area contributed by atoms with E-state index in [1.165, 1.54) is 0 Å². The van der Waals surface area contributed by atoms with Crippen LogP contribution in [-0.2, 0) is 0 Å². The molecule has 2 heterocycles. The number of nitrogens with one attached hydrogen (secondary N) is 1. The molecule has 0 amide bonds. The van der Waals surface area contributed by atoms with Gasteiger partial charge in [0.1, 0.15) is 0 Å². The summed E-state index contributed by atoms with van der Waals surface area (Å²) in [5.41, 5.74) is 0.900. The molecule has 0 bridgehead atoms. The van der Waals surface area contributed by atoms with Crippen LogP contribution >= 0.6 is 0 Å². The quantitative estimate of drug-likeness (QED) is 0.730. The molecule has 66 valence electrons. The van der Waals surface area contributed by atoms with Gasteiger partial charge >= 0.3 is 0 Å². The number of rotatable bonds is 2. The minimum Gasteiger partial charge on any atom is -0.370 e. The van der Waals surface area contributed by atoms with E-state index >= 15 is 0 Å². The first-order valence-electron chi connectivity index (χ1n) is 3.90. The van der Waals surface area contributed by atoms with Crippen molar-refractivity contribution in [2.24, 2.45) is 0 Å². The SMILES string of the molecule is CNc1cn(-c2cccnc2)nn1. The number of nitrogens with zero attached hydrogens (tertiary/aromatic N) is 4. The fourth-order valence-electron chi connectivity index (χ4n) is 0.994. The van der Waals surface area contributed by atoms with E-state index in [1.54, 1.807) is 30.3 Å². The number of pyridine rings is 1. The Labute approximate surface area is 75.4 Å². The maximum atomic E-state index is 3.99. The highest BCUT2D eigenvalue weighted by molar-refractivity contribution is 5.34. The van der Waals surface area contributed by atoms with Crippen LogP contribution in [0.1, 0.15) is 0 Å². The van der Waals surface area contributed by atoms with Gasteiger partial charge in [-0.05, 0) is 12.1 Å². The predicted molar refractivity (Wildman–Crippen MR) is 48.7 cm³/mol. The van der Waals surface area contributed by atoms with Gasteiger partial charge in [-0.3, -0.25) is 4.98 Å². The molecule has 0 aromatic carbocycles. The molecule has 13 heavy (non-hydrogen) atoms. The van der Waals surface area contributed by atoms with Gasteiger partial charge in [0, 0.05) is 13.2 Å². The lowest BCUT2D eigenvalue weighted by atomic mass is 10.4. The number of hydrogen-bond donors (Lipinski definition) is 1. The zero-order valence-corrected chi connectivity index (χ0v) is 7.18. The fourth-order valence-corrected chi connectivity index (χ4v) is 0.994. The van der Waals surface area contributed by atoms with Crippen LogP contribution in [0.25, 0.3) is 5.69 Å². The van der Waals surface area contributed by atoms with E-state index in [-0.39, 0.29) is 0 Å². The van der Waals surface area contributed by atoms with Crippen molar-refractivity contribution in [3.8, 4) is 5.69 Å². The molecule has 1 N–H and O–H groups in total. The van der Waals surface area contributed by atoms with Gasteiger partial charge in [0.15, 0.2) is 5.82 Å². The highest BCUT2D eigenvalue weighted by Gasteiger charge is 1.99. The number of hydrogen-bond acceptors (Lipinski definition) is 4. The van der Waals surface area contributed by atoms with Crippen LogP contribution in [-0.4, -0.2) is 27.0 Å². The van der Waals surface area contributed by atoms with Crippen molar-refractivity contribution in [2.45, 2.75) is 0 Å². The topological polar surface area (TPSA) is 55.6 Å². The van der Waals surface area contributed by atoms with E-state index in [9.17, 15) is 0 Å². The molecule has 0 aliphatic rings. The summed E-state index contributed by atoms with van der Waals surface area (Å²) >= 11 is 0. The van der Waals surface area contributed by atoms with Gasteiger partial charge in [-0.15, -0.1) is 5.10 Å². The van der Waals surface area contributed by atoms with Crippen molar-refractivity contribution in [1.82, 2.24) is 20.0 Å². The fraction of sp³-hybridized carbons (Fsp3) is 0.125. The molecule has 0 saturated carbocycles. The maximum absolute atomic E-state index is 3.99. The van der Waals surface area contributed by atoms with E-state index in [2.05, 4.69) is 20.6 Å². The predicted octanol–water partition coefficient (Wildman–Crippen LogP) is 0.704. The molecule has 0 unspecified atom stereocenters. The Morgan fingerprint density at radius 2 is 2.38 bits per heavy atom. The first kappa shape index (κ1) is 7.72. The average Bonchev–Trinajstić information content (AvgIpc) is 2.67. The summed E-state index contributed by atoms with van der Waals surface area (Å²) in [4.78, 5) is 3.99. The van der Waals surface area contributed by atoms with Crippen LogP contribution in [0.4, 0.5) is 5.82 Å². The summed E-state index contributed by atoms with van der Waals surface area (Å²) in [5, 5.41) is 10.7. The Morgan fingerprint density at radius 3 is 3.00 bits per heavy atom.